The molecule has 0 fully saturated rings. The number of methoxy groups -OCH3 is 1. The third kappa shape index (κ3) is 4.72. The Bertz CT molecular complexity index is 834. The van der Waals surface area contributed by atoms with Crippen LogP contribution in [0.25, 0.3) is 0 Å². The molecule has 0 saturated heterocycles. The minimum Gasteiger partial charge on any atom is -0.497 e. The first kappa shape index (κ1) is 17.7. The van der Waals surface area contributed by atoms with Gasteiger partial charge in [0.25, 0.3) is 0 Å². The van der Waals surface area contributed by atoms with Crippen LogP contribution in [0.5, 0.6) is 5.75 Å². The van der Waals surface area contributed by atoms with Crippen molar-refractivity contribution in [2.24, 2.45) is 0 Å². The molecule has 3 rings (SSSR count). The van der Waals surface area contributed by atoms with Gasteiger partial charge < -0.3 is 15.0 Å². The number of benzene rings is 2. The van der Waals surface area contributed by atoms with E-state index in [1.54, 1.807) is 7.11 Å². The largest absolute Gasteiger partial charge is 0.497 e. The number of rotatable bonds is 7. The van der Waals surface area contributed by atoms with Gasteiger partial charge in [-0.25, -0.2) is 4.98 Å². The van der Waals surface area contributed by atoms with Crippen molar-refractivity contribution in [1.82, 2.24) is 9.97 Å². The van der Waals surface area contributed by atoms with E-state index in [1.807, 2.05) is 62.5 Å². The Balaban J connectivity index is 1.68. The molecule has 5 heteroatoms. The van der Waals surface area contributed by atoms with E-state index in [2.05, 4.69) is 32.3 Å². The number of nitrogens with one attached hydrogen (secondary N) is 1. The predicted molar refractivity (Wildman–Crippen MR) is 106 cm³/mol. The van der Waals surface area contributed by atoms with Crippen molar-refractivity contribution < 1.29 is 4.74 Å². The molecule has 134 valence electrons. The maximum Gasteiger partial charge on any atom is 0.227 e. The van der Waals surface area contributed by atoms with Crippen LogP contribution in [-0.2, 0) is 13.1 Å². The first-order valence-corrected chi connectivity index (χ1v) is 8.61. The Kier molecular flexibility index (Phi) is 5.69. The van der Waals surface area contributed by atoms with E-state index in [1.165, 1.54) is 11.1 Å². The Labute approximate surface area is 154 Å². The van der Waals surface area contributed by atoms with Crippen LogP contribution in [0.4, 0.5) is 11.8 Å². The molecule has 1 N–H and O–H groups in total. The van der Waals surface area contributed by atoms with Gasteiger partial charge in [0, 0.05) is 31.9 Å². The van der Waals surface area contributed by atoms with Crippen molar-refractivity contribution in [2.75, 3.05) is 24.4 Å². The van der Waals surface area contributed by atoms with Crippen molar-refractivity contribution in [3.05, 3.63) is 77.5 Å². The van der Waals surface area contributed by atoms with Crippen LogP contribution in [0.15, 0.2) is 60.7 Å². The zero-order valence-corrected chi connectivity index (χ0v) is 15.4. The van der Waals surface area contributed by atoms with E-state index in [4.69, 9.17) is 4.74 Å². The second-order valence-electron chi connectivity index (χ2n) is 6.24. The highest BCUT2D eigenvalue weighted by Gasteiger charge is 2.08. The third-order valence-corrected chi connectivity index (χ3v) is 4.08. The number of hydrogen-bond acceptors (Lipinski definition) is 5. The van der Waals surface area contributed by atoms with E-state index in [0.29, 0.717) is 12.5 Å². The molecule has 0 bridgehead atoms. The minimum atomic E-state index is 0.697. The van der Waals surface area contributed by atoms with E-state index in [9.17, 15) is 0 Å². The van der Waals surface area contributed by atoms with Gasteiger partial charge in [-0.3, -0.25) is 0 Å². The highest BCUT2D eigenvalue weighted by molar-refractivity contribution is 5.44. The normalized spacial score (nSPS) is 10.4. The number of aromatic nitrogens is 2. The topological polar surface area (TPSA) is 50.3 Å². The summed E-state index contributed by atoms with van der Waals surface area (Å²) >= 11 is 0. The van der Waals surface area contributed by atoms with Gasteiger partial charge in [0.2, 0.25) is 5.95 Å². The maximum atomic E-state index is 5.19. The van der Waals surface area contributed by atoms with E-state index < -0.39 is 0 Å². The summed E-state index contributed by atoms with van der Waals surface area (Å²) in [4.78, 5) is 11.3. The fourth-order valence-corrected chi connectivity index (χ4v) is 2.68. The van der Waals surface area contributed by atoms with Crippen LogP contribution in [0.1, 0.15) is 16.8 Å². The minimum absolute atomic E-state index is 0.697. The summed E-state index contributed by atoms with van der Waals surface area (Å²) in [5, 5.41) is 3.38. The van der Waals surface area contributed by atoms with Crippen LogP contribution in [0.3, 0.4) is 0 Å². The molecule has 26 heavy (non-hydrogen) atoms. The lowest BCUT2D eigenvalue weighted by Crippen LogP contribution is -2.20. The van der Waals surface area contributed by atoms with Crippen molar-refractivity contribution in [3.8, 4) is 5.75 Å². The van der Waals surface area contributed by atoms with Crippen LogP contribution in [0.2, 0.25) is 0 Å². The summed E-state index contributed by atoms with van der Waals surface area (Å²) in [5.41, 5.74) is 3.33. The molecule has 0 radical (unpaired) electrons. The molecule has 3 aromatic rings. The van der Waals surface area contributed by atoms with Gasteiger partial charge in [0.1, 0.15) is 11.6 Å². The second kappa shape index (κ2) is 8.34. The quantitative estimate of drug-likeness (QED) is 0.698. The third-order valence-electron chi connectivity index (χ3n) is 4.08. The van der Waals surface area contributed by atoms with Crippen LogP contribution < -0.4 is 15.0 Å². The van der Waals surface area contributed by atoms with E-state index >= 15 is 0 Å². The Morgan fingerprint density at radius 3 is 2.38 bits per heavy atom. The smallest absolute Gasteiger partial charge is 0.227 e. The number of hydrogen-bond donors (Lipinski definition) is 1. The molecule has 0 atom stereocenters. The van der Waals surface area contributed by atoms with Crippen LogP contribution in [-0.4, -0.2) is 24.1 Å². The van der Waals surface area contributed by atoms with Crippen molar-refractivity contribution in [2.45, 2.75) is 20.0 Å². The lowest BCUT2D eigenvalue weighted by Gasteiger charge is -2.18. The number of aryl methyl sites for hydroxylation is 1. The zero-order chi connectivity index (χ0) is 18.4. The van der Waals surface area contributed by atoms with Crippen LogP contribution >= 0.6 is 0 Å². The summed E-state index contributed by atoms with van der Waals surface area (Å²) < 4.78 is 5.19. The molecule has 0 aliphatic heterocycles. The van der Waals surface area contributed by atoms with Gasteiger partial charge in [-0.2, -0.15) is 4.98 Å². The molecular formula is C21H24N4O. The molecule has 1 heterocycles. The Hall–Kier alpha value is -3.08. The monoisotopic (exact) mass is 348 g/mol. The molecular weight excluding hydrogens is 324 g/mol. The highest BCUT2D eigenvalue weighted by Crippen LogP contribution is 2.17. The molecule has 0 spiro atoms. The fraction of sp³-hybridized carbons (Fsp3) is 0.238. The molecule has 0 saturated carbocycles. The molecule has 0 amide bonds. The summed E-state index contributed by atoms with van der Waals surface area (Å²) in [6.07, 6.45) is 0. The summed E-state index contributed by atoms with van der Waals surface area (Å²) in [6, 6.07) is 20.3. The number of ether oxygens (including phenoxy) is 1. The average molecular weight is 348 g/mol. The van der Waals surface area contributed by atoms with Gasteiger partial charge in [-0.1, -0.05) is 42.5 Å². The maximum absolute atomic E-state index is 5.19. The first-order chi connectivity index (χ1) is 12.6. The van der Waals surface area contributed by atoms with E-state index in [-0.39, 0.29) is 0 Å². The zero-order valence-electron chi connectivity index (χ0n) is 15.4. The lowest BCUT2D eigenvalue weighted by molar-refractivity contribution is 0.414. The summed E-state index contributed by atoms with van der Waals surface area (Å²) in [5.74, 6) is 2.39. The SMILES string of the molecule is COc1ccc(CNc2cc(C)nc(N(C)Cc3ccccc3)n2)cc1. The second-order valence-corrected chi connectivity index (χ2v) is 6.24. The van der Waals surface area contributed by atoms with Crippen molar-refractivity contribution in [1.29, 1.82) is 0 Å². The fourth-order valence-electron chi connectivity index (χ4n) is 2.68. The predicted octanol–water partition coefficient (Wildman–Crippen LogP) is 4.04. The van der Waals surface area contributed by atoms with Gasteiger partial charge in [0.15, 0.2) is 0 Å². The summed E-state index contributed by atoms with van der Waals surface area (Å²) in [6.45, 7) is 3.45. The molecule has 2 aromatic carbocycles. The molecule has 5 nitrogen and oxygen atoms in total. The highest BCUT2D eigenvalue weighted by atomic mass is 16.5. The van der Waals surface area contributed by atoms with Crippen molar-refractivity contribution in [3.63, 3.8) is 0 Å². The van der Waals surface area contributed by atoms with Gasteiger partial charge >= 0.3 is 0 Å². The van der Waals surface area contributed by atoms with Gasteiger partial charge in [-0.05, 0) is 30.2 Å². The van der Waals surface area contributed by atoms with E-state index in [0.717, 1.165) is 23.8 Å². The molecule has 1 aromatic heterocycles. The summed E-state index contributed by atoms with van der Waals surface area (Å²) in [7, 11) is 3.68. The standard InChI is InChI=1S/C21H24N4O/c1-16-13-20(22-14-17-9-11-19(26-3)12-10-17)24-21(23-16)25(2)15-18-7-5-4-6-8-18/h4-13H,14-15H2,1-3H3,(H,22,23,24). The average Bonchev–Trinajstić information content (AvgIpc) is 2.67. The molecule has 0 aliphatic carbocycles. The van der Waals surface area contributed by atoms with Gasteiger partial charge in [-0.15, -0.1) is 0 Å². The molecule has 0 aliphatic rings. The lowest BCUT2D eigenvalue weighted by atomic mass is 10.2. The Morgan fingerprint density at radius 2 is 1.69 bits per heavy atom. The number of nitrogens with zero attached hydrogens (tertiary/aromatic N) is 3. The first-order valence-electron chi connectivity index (χ1n) is 8.61. The van der Waals surface area contributed by atoms with Gasteiger partial charge in [0.05, 0.1) is 7.11 Å². The van der Waals surface area contributed by atoms with Crippen molar-refractivity contribution >= 4 is 11.8 Å². The number of anilines is 2. The molecule has 0 unspecified atom stereocenters. The van der Waals surface area contributed by atoms with Crippen LogP contribution in [0, 0.1) is 6.92 Å². The Morgan fingerprint density at radius 1 is 0.962 bits per heavy atom.